The number of hydrogen-bond acceptors (Lipinski definition) is 3. The molecular formula is C15H14FN3S. The lowest BCUT2D eigenvalue weighted by molar-refractivity contribution is 0.628. The molecule has 20 heavy (non-hydrogen) atoms. The molecule has 0 aliphatic carbocycles. The SMILES string of the molecule is Cc1ccsc1-c1nn(C)c(N)c1-c1cccc(F)c1. The van der Waals surface area contributed by atoms with Gasteiger partial charge in [-0.3, -0.25) is 4.68 Å². The van der Waals surface area contributed by atoms with Crippen LogP contribution in [0.5, 0.6) is 0 Å². The van der Waals surface area contributed by atoms with Gasteiger partial charge in [0.15, 0.2) is 0 Å². The van der Waals surface area contributed by atoms with E-state index in [1.54, 1.807) is 29.1 Å². The summed E-state index contributed by atoms with van der Waals surface area (Å²) in [5.41, 5.74) is 9.61. The van der Waals surface area contributed by atoms with Crippen LogP contribution in [0, 0.1) is 12.7 Å². The summed E-state index contributed by atoms with van der Waals surface area (Å²) in [6.07, 6.45) is 0. The molecule has 3 rings (SSSR count). The molecule has 2 N–H and O–H groups in total. The van der Waals surface area contributed by atoms with Gasteiger partial charge in [0.1, 0.15) is 17.3 Å². The molecule has 1 aromatic carbocycles. The predicted octanol–water partition coefficient (Wildman–Crippen LogP) is 3.85. The van der Waals surface area contributed by atoms with Gasteiger partial charge in [0.05, 0.1) is 10.4 Å². The first kappa shape index (κ1) is 12.9. The standard InChI is InChI=1S/C15H14FN3S/c1-9-6-7-20-14(9)13-12(15(17)19(2)18-13)10-4-3-5-11(16)8-10/h3-8H,17H2,1-2H3. The molecular weight excluding hydrogens is 273 g/mol. The zero-order valence-corrected chi connectivity index (χ0v) is 12.0. The second-order valence-corrected chi connectivity index (χ2v) is 5.59. The number of hydrogen-bond donors (Lipinski definition) is 1. The molecule has 0 aliphatic rings. The van der Waals surface area contributed by atoms with Gasteiger partial charge in [-0.25, -0.2) is 4.39 Å². The van der Waals surface area contributed by atoms with Gasteiger partial charge in [0.25, 0.3) is 0 Å². The van der Waals surface area contributed by atoms with Crippen LogP contribution in [0.4, 0.5) is 10.2 Å². The maximum absolute atomic E-state index is 13.5. The van der Waals surface area contributed by atoms with Crippen LogP contribution in [-0.2, 0) is 7.05 Å². The summed E-state index contributed by atoms with van der Waals surface area (Å²) in [5, 5.41) is 6.52. The lowest BCUT2D eigenvalue weighted by atomic mass is 10.0. The van der Waals surface area contributed by atoms with Gasteiger partial charge >= 0.3 is 0 Å². The second kappa shape index (κ2) is 4.76. The van der Waals surface area contributed by atoms with Gasteiger partial charge in [-0.15, -0.1) is 11.3 Å². The van der Waals surface area contributed by atoms with Gasteiger partial charge in [-0.2, -0.15) is 5.10 Å². The molecule has 3 nitrogen and oxygen atoms in total. The maximum atomic E-state index is 13.5. The molecule has 0 aliphatic heterocycles. The fourth-order valence-electron chi connectivity index (χ4n) is 2.24. The van der Waals surface area contributed by atoms with E-state index in [2.05, 4.69) is 5.10 Å². The van der Waals surface area contributed by atoms with Crippen molar-refractivity contribution in [1.82, 2.24) is 9.78 Å². The van der Waals surface area contributed by atoms with Crippen LogP contribution >= 0.6 is 11.3 Å². The Morgan fingerprint density at radius 1 is 1.30 bits per heavy atom. The summed E-state index contributed by atoms with van der Waals surface area (Å²) in [5.74, 6) is 0.262. The average Bonchev–Trinajstić information content (AvgIpc) is 2.94. The lowest BCUT2D eigenvalue weighted by Gasteiger charge is -2.04. The van der Waals surface area contributed by atoms with Crippen molar-refractivity contribution in [2.45, 2.75) is 6.92 Å². The van der Waals surface area contributed by atoms with Gasteiger partial charge in [0, 0.05) is 7.05 Å². The molecule has 0 atom stereocenters. The highest BCUT2D eigenvalue weighted by Gasteiger charge is 2.19. The van der Waals surface area contributed by atoms with Crippen LogP contribution in [0.25, 0.3) is 21.7 Å². The Balaban J connectivity index is 2.28. The fourth-order valence-corrected chi connectivity index (χ4v) is 3.16. The van der Waals surface area contributed by atoms with Gasteiger partial charge in [-0.05, 0) is 41.6 Å². The summed E-state index contributed by atoms with van der Waals surface area (Å²) in [6, 6.07) is 8.48. The number of nitrogens with zero attached hydrogens (tertiary/aromatic N) is 2. The largest absolute Gasteiger partial charge is 0.383 e. The molecule has 2 heterocycles. The van der Waals surface area contributed by atoms with Crippen molar-refractivity contribution in [1.29, 1.82) is 0 Å². The van der Waals surface area contributed by atoms with Crippen LogP contribution in [0.1, 0.15) is 5.56 Å². The minimum atomic E-state index is -0.278. The Morgan fingerprint density at radius 2 is 2.10 bits per heavy atom. The summed E-state index contributed by atoms with van der Waals surface area (Å²) in [6.45, 7) is 2.03. The van der Waals surface area contributed by atoms with Crippen molar-refractivity contribution in [3.63, 3.8) is 0 Å². The van der Waals surface area contributed by atoms with E-state index in [1.807, 2.05) is 24.4 Å². The highest BCUT2D eigenvalue weighted by Crippen LogP contribution is 2.39. The van der Waals surface area contributed by atoms with Crippen molar-refractivity contribution < 1.29 is 4.39 Å². The van der Waals surface area contributed by atoms with E-state index in [1.165, 1.54) is 12.1 Å². The summed E-state index contributed by atoms with van der Waals surface area (Å²) in [4.78, 5) is 1.07. The second-order valence-electron chi connectivity index (χ2n) is 4.68. The highest BCUT2D eigenvalue weighted by molar-refractivity contribution is 7.13. The van der Waals surface area contributed by atoms with Gasteiger partial charge in [0.2, 0.25) is 0 Å². The molecule has 0 saturated carbocycles. The molecule has 5 heteroatoms. The van der Waals surface area contributed by atoms with Crippen molar-refractivity contribution in [3.05, 3.63) is 47.1 Å². The van der Waals surface area contributed by atoms with Gasteiger partial charge < -0.3 is 5.73 Å². The third-order valence-electron chi connectivity index (χ3n) is 3.28. The number of rotatable bonds is 2. The van der Waals surface area contributed by atoms with Crippen LogP contribution in [0.15, 0.2) is 35.7 Å². The number of anilines is 1. The zero-order chi connectivity index (χ0) is 14.3. The van der Waals surface area contributed by atoms with E-state index in [-0.39, 0.29) is 5.82 Å². The number of benzene rings is 1. The van der Waals surface area contributed by atoms with E-state index in [0.29, 0.717) is 5.82 Å². The minimum Gasteiger partial charge on any atom is -0.383 e. The third kappa shape index (κ3) is 2.00. The molecule has 0 unspecified atom stereocenters. The zero-order valence-electron chi connectivity index (χ0n) is 11.2. The number of aromatic nitrogens is 2. The topological polar surface area (TPSA) is 43.8 Å². The smallest absolute Gasteiger partial charge is 0.129 e. The first-order valence-electron chi connectivity index (χ1n) is 6.21. The molecule has 0 radical (unpaired) electrons. The van der Waals surface area contributed by atoms with Crippen LogP contribution in [-0.4, -0.2) is 9.78 Å². The molecule has 0 amide bonds. The molecule has 102 valence electrons. The van der Waals surface area contributed by atoms with Crippen LogP contribution in [0.3, 0.4) is 0 Å². The molecule has 0 saturated heterocycles. The Hall–Kier alpha value is -2.14. The molecule has 3 aromatic rings. The Kier molecular flexibility index (Phi) is 3.06. The number of halogens is 1. The first-order chi connectivity index (χ1) is 9.58. The monoisotopic (exact) mass is 287 g/mol. The Labute approximate surface area is 120 Å². The predicted molar refractivity (Wildman–Crippen MR) is 81.1 cm³/mol. The third-order valence-corrected chi connectivity index (χ3v) is 4.31. The van der Waals surface area contributed by atoms with E-state index in [9.17, 15) is 4.39 Å². The highest BCUT2D eigenvalue weighted by atomic mass is 32.1. The van der Waals surface area contributed by atoms with Gasteiger partial charge in [-0.1, -0.05) is 12.1 Å². The number of aryl methyl sites for hydroxylation is 2. The summed E-state index contributed by atoms with van der Waals surface area (Å²) in [7, 11) is 1.80. The minimum absolute atomic E-state index is 0.278. The lowest BCUT2D eigenvalue weighted by Crippen LogP contribution is -1.98. The van der Waals surface area contributed by atoms with Crippen LogP contribution < -0.4 is 5.73 Å². The van der Waals surface area contributed by atoms with Crippen molar-refractivity contribution >= 4 is 17.2 Å². The molecule has 0 bridgehead atoms. The number of nitrogen functional groups attached to an aromatic ring is 1. The summed E-state index contributed by atoms with van der Waals surface area (Å²) < 4.78 is 15.1. The molecule has 0 fully saturated rings. The number of nitrogens with two attached hydrogens (primary N) is 1. The van der Waals surface area contributed by atoms with Crippen molar-refractivity contribution in [2.24, 2.45) is 7.05 Å². The Morgan fingerprint density at radius 3 is 2.75 bits per heavy atom. The fraction of sp³-hybridized carbons (Fsp3) is 0.133. The maximum Gasteiger partial charge on any atom is 0.129 e. The van der Waals surface area contributed by atoms with Crippen LogP contribution in [0.2, 0.25) is 0 Å². The van der Waals surface area contributed by atoms with Crippen molar-refractivity contribution in [2.75, 3.05) is 5.73 Å². The first-order valence-corrected chi connectivity index (χ1v) is 7.08. The van der Waals surface area contributed by atoms with Crippen molar-refractivity contribution in [3.8, 4) is 21.7 Å². The van der Waals surface area contributed by atoms with E-state index in [4.69, 9.17) is 5.73 Å². The normalized spacial score (nSPS) is 10.9. The van der Waals surface area contributed by atoms with E-state index >= 15 is 0 Å². The molecule has 2 aromatic heterocycles. The number of thiophene rings is 1. The molecule has 0 spiro atoms. The van der Waals surface area contributed by atoms with E-state index in [0.717, 1.165) is 27.3 Å². The Bertz CT molecular complexity index is 773. The summed E-state index contributed by atoms with van der Waals surface area (Å²) >= 11 is 1.61. The average molecular weight is 287 g/mol. The quantitative estimate of drug-likeness (QED) is 0.778. The van der Waals surface area contributed by atoms with E-state index < -0.39 is 0 Å².